The van der Waals surface area contributed by atoms with E-state index in [1.54, 1.807) is 25.3 Å². The zero-order valence-corrected chi connectivity index (χ0v) is 16.2. The highest BCUT2D eigenvalue weighted by Crippen LogP contribution is 2.20. The quantitative estimate of drug-likeness (QED) is 0.576. The number of anilines is 1. The Morgan fingerprint density at radius 2 is 1.89 bits per heavy atom. The van der Waals surface area contributed by atoms with Crippen LogP contribution in [0.2, 0.25) is 5.02 Å². The number of hydrogen-bond donors (Lipinski definition) is 3. The van der Waals surface area contributed by atoms with Gasteiger partial charge >= 0.3 is 0 Å². The molecule has 2 rings (SSSR count). The number of halogens is 1. The number of methoxy groups -OCH3 is 1. The van der Waals surface area contributed by atoms with E-state index in [1.807, 2.05) is 31.2 Å². The van der Waals surface area contributed by atoms with E-state index < -0.39 is 0 Å². The van der Waals surface area contributed by atoms with Crippen molar-refractivity contribution in [1.29, 1.82) is 0 Å². The molecular formula is C20H24ClN3O3. The van der Waals surface area contributed by atoms with Crippen molar-refractivity contribution in [3.8, 4) is 0 Å². The molecule has 27 heavy (non-hydrogen) atoms. The van der Waals surface area contributed by atoms with Crippen molar-refractivity contribution in [2.24, 2.45) is 0 Å². The Hall–Kier alpha value is -2.57. The van der Waals surface area contributed by atoms with E-state index in [-0.39, 0.29) is 18.4 Å². The Morgan fingerprint density at radius 1 is 1.11 bits per heavy atom. The van der Waals surface area contributed by atoms with Crippen LogP contribution in [-0.4, -0.2) is 38.6 Å². The summed E-state index contributed by atoms with van der Waals surface area (Å²) in [5, 5.41) is 8.91. The number of carbonyl (C=O) groups is 2. The molecule has 0 heterocycles. The van der Waals surface area contributed by atoms with Gasteiger partial charge in [0, 0.05) is 25.9 Å². The molecule has 0 fully saturated rings. The molecule has 2 amide bonds. The molecule has 2 aromatic carbocycles. The number of nitrogens with one attached hydrogen (secondary N) is 3. The fourth-order valence-electron chi connectivity index (χ4n) is 2.42. The van der Waals surface area contributed by atoms with Crippen molar-refractivity contribution in [1.82, 2.24) is 10.6 Å². The molecule has 0 aliphatic rings. The van der Waals surface area contributed by atoms with Crippen LogP contribution >= 0.6 is 11.6 Å². The minimum Gasteiger partial charge on any atom is -0.383 e. The van der Waals surface area contributed by atoms with Crippen LogP contribution in [0.15, 0.2) is 42.5 Å². The standard InChI is InChI=1S/C20H24ClN3O3/c1-14-5-3-4-6-15(14)12-24-19(25)13-23-16-7-8-17(18(21)11-16)20(26)22-9-10-27-2/h3-8,11,23H,9-10,12-13H2,1-2H3,(H,22,26)(H,24,25). The largest absolute Gasteiger partial charge is 0.383 e. The molecule has 0 saturated heterocycles. The molecule has 0 unspecified atom stereocenters. The zero-order valence-electron chi connectivity index (χ0n) is 15.5. The van der Waals surface area contributed by atoms with Crippen LogP contribution in [0.3, 0.4) is 0 Å². The van der Waals surface area contributed by atoms with E-state index in [2.05, 4.69) is 16.0 Å². The molecule has 0 aliphatic carbocycles. The minimum absolute atomic E-state index is 0.113. The van der Waals surface area contributed by atoms with Gasteiger partial charge in [-0.2, -0.15) is 0 Å². The molecule has 2 aromatic rings. The van der Waals surface area contributed by atoms with Crippen molar-refractivity contribution in [2.75, 3.05) is 32.1 Å². The summed E-state index contributed by atoms with van der Waals surface area (Å²) >= 11 is 6.18. The second-order valence-corrected chi connectivity index (χ2v) is 6.41. The summed E-state index contributed by atoms with van der Waals surface area (Å²) < 4.78 is 4.89. The first-order valence-corrected chi connectivity index (χ1v) is 9.01. The molecule has 6 nitrogen and oxygen atoms in total. The maximum Gasteiger partial charge on any atom is 0.252 e. The van der Waals surface area contributed by atoms with Crippen molar-refractivity contribution in [3.05, 3.63) is 64.2 Å². The Morgan fingerprint density at radius 3 is 2.59 bits per heavy atom. The van der Waals surface area contributed by atoms with Gasteiger partial charge in [-0.25, -0.2) is 0 Å². The van der Waals surface area contributed by atoms with Gasteiger partial charge in [-0.1, -0.05) is 35.9 Å². The van der Waals surface area contributed by atoms with Crippen molar-refractivity contribution in [2.45, 2.75) is 13.5 Å². The van der Waals surface area contributed by atoms with E-state index in [9.17, 15) is 9.59 Å². The van der Waals surface area contributed by atoms with E-state index in [1.165, 1.54) is 0 Å². The van der Waals surface area contributed by atoms with Gasteiger partial charge < -0.3 is 20.7 Å². The Bertz CT molecular complexity index is 796. The maximum absolute atomic E-state index is 12.0. The number of benzene rings is 2. The van der Waals surface area contributed by atoms with Crippen LogP contribution in [0.1, 0.15) is 21.5 Å². The van der Waals surface area contributed by atoms with Gasteiger partial charge in [-0.15, -0.1) is 0 Å². The summed E-state index contributed by atoms with van der Waals surface area (Å²) in [6.07, 6.45) is 0. The van der Waals surface area contributed by atoms with Gasteiger partial charge in [0.05, 0.1) is 23.7 Å². The summed E-state index contributed by atoms with van der Waals surface area (Å²) in [6, 6.07) is 12.9. The summed E-state index contributed by atoms with van der Waals surface area (Å²) in [5.41, 5.74) is 3.26. The van der Waals surface area contributed by atoms with Gasteiger partial charge in [0.1, 0.15) is 0 Å². The molecule has 0 aliphatic heterocycles. The molecule has 0 aromatic heterocycles. The lowest BCUT2D eigenvalue weighted by molar-refractivity contribution is -0.119. The summed E-state index contributed by atoms with van der Waals surface area (Å²) in [7, 11) is 1.57. The first-order chi connectivity index (χ1) is 13.0. The van der Waals surface area contributed by atoms with E-state index in [0.717, 1.165) is 11.1 Å². The first-order valence-electron chi connectivity index (χ1n) is 8.63. The highest BCUT2D eigenvalue weighted by molar-refractivity contribution is 6.34. The van der Waals surface area contributed by atoms with Crippen LogP contribution in [0.25, 0.3) is 0 Å². The molecule has 144 valence electrons. The van der Waals surface area contributed by atoms with Gasteiger partial charge in [-0.3, -0.25) is 9.59 Å². The average molecular weight is 390 g/mol. The zero-order chi connectivity index (χ0) is 19.6. The van der Waals surface area contributed by atoms with Crippen molar-refractivity contribution < 1.29 is 14.3 Å². The molecule has 0 bridgehead atoms. The minimum atomic E-state index is -0.264. The van der Waals surface area contributed by atoms with Gasteiger partial charge in [0.15, 0.2) is 0 Å². The normalized spacial score (nSPS) is 10.3. The summed E-state index contributed by atoms with van der Waals surface area (Å²) in [6.45, 7) is 3.44. The number of aryl methyl sites for hydroxylation is 1. The average Bonchev–Trinajstić information content (AvgIpc) is 2.66. The monoisotopic (exact) mass is 389 g/mol. The molecule has 0 saturated carbocycles. The van der Waals surface area contributed by atoms with Gasteiger partial charge in [0.2, 0.25) is 5.91 Å². The van der Waals surface area contributed by atoms with Crippen LogP contribution in [0.4, 0.5) is 5.69 Å². The summed E-state index contributed by atoms with van der Waals surface area (Å²) in [4.78, 5) is 24.1. The Kier molecular flexibility index (Phi) is 8.10. The number of ether oxygens (including phenoxy) is 1. The van der Waals surface area contributed by atoms with Gasteiger partial charge in [0.25, 0.3) is 5.91 Å². The third kappa shape index (κ3) is 6.58. The fraction of sp³-hybridized carbons (Fsp3) is 0.300. The Balaban J connectivity index is 1.83. The highest BCUT2D eigenvalue weighted by Gasteiger charge is 2.11. The predicted octanol–water partition coefficient (Wildman–Crippen LogP) is 2.75. The Labute approximate surface area is 164 Å². The van der Waals surface area contributed by atoms with Crippen molar-refractivity contribution in [3.63, 3.8) is 0 Å². The van der Waals surface area contributed by atoms with E-state index >= 15 is 0 Å². The SMILES string of the molecule is COCCNC(=O)c1ccc(NCC(=O)NCc2ccccc2C)cc1Cl. The smallest absolute Gasteiger partial charge is 0.252 e. The molecular weight excluding hydrogens is 366 g/mol. The van der Waals surface area contributed by atoms with E-state index in [4.69, 9.17) is 16.3 Å². The highest BCUT2D eigenvalue weighted by atomic mass is 35.5. The first kappa shape index (κ1) is 20.7. The number of amides is 2. The van der Waals surface area contributed by atoms with E-state index in [0.29, 0.717) is 36.0 Å². The van der Waals surface area contributed by atoms with Crippen LogP contribution in [0.5, 0.6) is 0 Å². The molecule has 0 radical (unpaired) electrons. The number of hydrogen-bond acceptors (Lipinski definition) is 4. The number of carbonyl (C=O) groups excluding carboxylic acids is 2. The topological polar surface area (TPSA) is 79.5 Å². The predicted molar refractivity (Wildman–Crippen MR) is 107 cm³/mol. The lowest BCUT2D eigenvalue weighted by atomic mass is 10.1. The van der Waals surface area contributed by atoms with Gasteiger partial charge in [-0.05, 0) is 36.2 Å². The number of rotatable bonds is 9. The van der Waals surface area contributed by atoms with Crippen LogP contribution in [-0.2, 0) is 16.1 Å². The fourth-order valence-corrected chi connectivity index (χ4v) is 2.68. The van der Waals surface area contributed by atoms with Crippen LogP contribution in [0, 0.1) is 6.92 Å². The second-order valence-electron chi connectivity index (χ2n) is 6.00. The third-order valence-electron chi connectivity index (χ3n) is 4.00. The third-order valence-corrected chi connectivity index (χ3v) is 4.31. The lowest BCUT2D eigenvalue weighted by Crippen LogP contribution is -2.29. The van der Waals surface area contributed by atoms with Crippen molar-refractivity contribution >= 4 is 29.1 Å². The molecule has 0 spiro atoms. The lowest BCUT2D eigenvalue weighted by Gasteiger charge is -2.11. The molecule has 3 N–H and O–H groups in total. The molecule has 7 heteroatoms. The summed E-state index contributed by atoms with van der Waals surface area (Å²) in [5.74, 6) is -0.393. The molecule has 0 atom stereocenters. The maximum atomic E-state index is 12.0. The second kappa shape index (κ2) is 10.5. The van der Waals surface area contributed by atoms with Crippen LogP contribution < -0.4 is 16.0 Å².